The van der Waals surface area contributed by atoms with Gasteiger partial charge in [-0.3, -0.25) is 0 Å². The molecule has 0 aliphatic heterocycles. The van der Waals surface area contributed by atoms with E-state index in [4.69, 9.17) is 6.42 Å². The van der Waals surface area contributed by atoms with Crippen LogP contribution >= 0.6 is 11.8 Å². The van der Waals surface area contributed by atoms with Gasteiger partial charge in [-0.05, 0) is 17.2 Å². The second-order valence-electron chi connectivity index (χ2n) is 2.20. The lowest BCUT2D eigenvalue weighted by Crippen LogP contribution is -1.85. The molecular formula is C10H10S. The van der Waals surface area contributed by atoms with Gasteiger partial charge in [-0.25, -0.2) is 0 Å². The number of hydrogen-bond donors (Lipinski definition) is 0. The van der Waals surface area contributed by atoms with Gasteiger partial charge in [0.2, 0.25) is 0 Å². The summed E-state index contributed by atoms with van der Waals surface area (Å²) in [5.41, 5.74) is 1.36. The van der Waals surface area contributed by atoms with Gasteiger partial charge in [-0.2, -0.15) is 0 Å². The van der Waals surface area contributed by atoms with E-state index in [-0.39, 0.29) is 0 Å². The van der Waals surface area contributed by atoms with Crippen LogP contribution < -0.4 is 0 Å². The third-order valence-corrected chi connectivity index (χ3v) is 1.99. The first-order chi connectivity index (χ1) is 5.43. The SMILES string of the molecule is C#CSCCc1ccccc1. The van der Waals surface area contributed by atoms with E-state index in [0.717, 1.165) is 12.2 Å². The summed E-state index contributed by atoms with van der Waals surface area (Å²) in [6.07, 6.45) is 6.17. The summed E-state index contributed by atoms with van der Waals surface area (Å²) in [6.45, 7) is 0. The standard InChI is InChI=1S/C10H10S/c1-2-11-9-8-10-6-4-3-5-7-10/h1,3-7H,8-9H2. The zero-order chi connectivity index (χ0) is 7.94. The second-order valence-corrected chi connectivity index (χ2v) is 3.13. The minimum atomic E-state index is 1.01. The molecule has 0 aromatic heterocycles. The average Bonchev–Trinajstić information content (AvgIpc) is 2.07. The first kappa shape index (κ1) is 8.23. The molecule has 0 amide bonds. The zero-order valence-corrected chi connectivity index (χ0v) is 7.10. The van der Waals surface area contributed by atoms with E-state index in [1.807, 2.05) is 6.07 Å². The highest BCUT2D eigenvalue weighted by Gasteiger charge is 1.88. The van der Waals surface area contributed by atoms with Gasteiger partial charge in [0, 0.05) is 5.75 Å². The maximum Gasteiger partial charge on any atom is 0.00971 e. The van der Waals surface area contributed by atoms with Crippen LogP contribution in [0.25, 0.3) is 0 Å². The second kappa shape index (κ2) is 4.87. The van der Waals surface area contributed by atoms with Crippen LogP contribution in [0.3, 0.4) is 0 Å². The summed E-state index contributed by atoms with van der Waals surface area (Å²) in [5, 5.41) is 2.55. The lowest BCUT2D eigenvalue weighted by molar-refractivity contribution is 1.16. The molecule has 0 nitrogen and oxygen atoms in total. The van der Waals surface area contributed by atoms with Crippen molar-refractivity contribution < 1.29 is 0 Å². The summed E-state index contributed by atoms with van der Waals surface area (Å²) in [7, 11) is 0. The zero-order valence-electron chi connectivity index (χ0n) is 6.29. The summed E-state index contributed by atoms with van der Waals surface area (Å²) in [5.74, 6) is 1.01. The molecule has 0 fully saturated rings. The van der Waals surface area contributed by atoms with Crippen molar-refractivity contribution in [2.24, 2.45) is 0 Å². The molecule has 0 bridgehead atoms. The van der Waals surface area contributed by atoms with E-state index in [9.17, 15) is 0 Å². The van der Waals surface area contributed by atoms with Crippen molar-refractivity contribution >= 4 is 11.8 Å². The Labute approximate surface area is 72.0 Å². The van der Waals surface area contributed by atoms with Crippen LogP contribution in [-0.4, -0.2) is 5.75 Å². The fraction of sp³-hybridized carbons (Fsp3) is 0.200. The van der Waals surface area contributed by atoms with Crippen molar-refractivity contribution in [3.63, 3.8) is 0 Å². The largest absolute Gasteiger partial charge is 0.108 e. The Balaban J connectivity index is 2.35. The molecule has 0 saturated heterocycles. The van der Waals surface area contributed by atoms with Crippen LogP contribution in [0, 0.1) is 11.7 Å². The molecule has 0 spiro atoms. The molecule has 1 rings (SSSR count). The van der Waals surface area contributed by atoms with Crippen LogP contribution in [0.1, 0.15) is 5.56 Å². The predicted molar refractivity (Wildman–Crippen MR) is 51.4 cm³/mol. The molecule has 1 aromatic carbocycles. The molecule has 0 unspecified atom stereocenters. The van der Waals surface area contributed by atoms with Crippen molar-refractivity contribution in [1.82, 2.24) is 0 Å². The fourth-order valence-corrected chi connectivity index (χ4v) is 1.33. The van der Waals surface area contributed by atoms with Gasteiger partial charge >= 0.3 is 0 Å². The first-order valence-corrected chi connectivity index (χ1v) is 4.53. The molecule has 0 radical (unpaired) electrons. The van der Waals surface area contributed by atoms with Crippen molar-refractivity contribution in [3.8, 4) is 11.7 Å². The molecule has 1 aromatic rings. The van der Waals surface area contributed by atoms with Gasteiger partial charge in [0.25, 0.3) is 0 Å². The Morgan fingerprint density at radius 3 is 2.64 bits per heavy atom. The van der Waals surface area contributed by atoms with E-state index in [2.05, 4.69) is 29.5 Å². The van der Waals surface area contributed by atoms with Crippen LogP contribution in [0.5, 0.6) is 0 Å². The lowest BCUT2D eigenvalue weighted by Gasteiger charge is -1.95. The number of terminal acetylenes is 1. The van der Waals surface area contributed by atoms with Gasteiger partial charge in [0.05, 0.1) is 0 Å². The van der Waals surface area contributed by atoms with E-state index in [0.29, 0.717) is 0 Å². The summed E-state index contributed by atoms with van der Waals surface area (Å²) >= 11 is 1.53. The molecule has 0 aliphatic rings. The van der Waals surface area contributed by atoms with E-state index in [1.54, 1.807) is 0 Å². The van der Waals surface area contributed by atoms with E-state index < -0.39 is 0 Å². The van der Waals surface area contributed by atoms with Crippen molar-refractivity contribution in [1.29, 1.82) is 0 Å². The van der Waals surface area contributed by atoms with Crippen LogP contribution in [0.2, 0.25) is 0 Å². The molecule has 0 saturated carbocycles. The van der Waals surface area contributed by atoms with Crippen LogP contribution in [0.15, 0.2) is 30.3 Å². The highest BCUT2D eigenvalue weighted by atomic mass is 32.2. The number of benzene rings is 1. The molecule has 11 heavy (non-hydrogen) atoms. The van der Waals surface area contributed by atoms with Crippen molar-refractivity contribution in [2.75, 3.05) is 5.75 Å². The van der Waals surface area contributed by atoms with E-state index in [1.165, 1.54) is 17.3 Å². The third kappa shape index (κ3) is 3.15. The van der Waals surface area contributed by atoms with Crippen LogP contribution in [-0.2, 0) is 6.42 Å². The smallest absolute Gasteiger partial charge is 0.00971 e. The molecular weight excluding hydrogens is 152 g/mol. The molecule has 0 atom stereocenters. The molecule has 0 N–H and O–H groups in total. The minimum Gasteiger partial charge on any atom is -0.108 e. The highest BCUT2D eigenvalue weighted by molar-refractivity contribution is 8.03. The van der Waals surface area contributed by atoms with Crippen molar-refractivity contribution in [2.45, 2.75) is 6.42 Å². The first-order valence-electron chi connectivity index (χ1n) is 3.55. The molecule has 0 aliphatic carbocycles. The Morgan fingerprint density at radius 1 is 1.27 bits per heavy atom. The van der Waals surface area contributed by atoms with Crippen molar-refractivity contribution in [3.05, 3.63) is 35.9 Å². The summed E-state index contributed by atoms with van der Waals surface area (Å²) in [4.78, 5) is 0. The third-order valence-electron chi connectivity index (χ3n) is 1.42. The summed E-state index contributed by atoms with van der Waals surface area (Å²) in [6, 6.07) is 10.4. The Morgan fingerprint density at radius 2 is 2.00 bits per heavy atom. The molecule has 56 valence electrons. The Kier molecular flexibility index (Phi) is 3.64. The number of rotatable bonds is 3. The topological polar surface area (TPSA) is 0 Å². The van der Waals surface area contributed by atoms with E-state index >= 15 is 0 Å². The van der Waals surface area contributed by atoms with Crippen LogP contribution in [0.4, 0.5) is 0 Å². The number of hydrogen-bond acceptors (Lipinski definition) is 1. The highest BCUT2D eigenvalue weighted by Crippen LogP contribution is 2.04. The number of thioether (sulfide) groups is 1. The predicted octanol–water partition coefficient (Wildman–Crippen LogP) is 2.55. The lowest BCUT2D eigenvalue weighted by atomic mass is 10.2. The monoisotopic (exact) mass is 162 g/mol. The van der Waals surface area contributed by atoms with Gasteiger partial charge in [0.15, 0.2) is 0 Å². The average molecular weight is 162 g/mol. The quantitative estimate of drug-likeness (QED) is 0.486. The Hall–Kier alpha value is -0.870. The maximum absolute atomic E-state index is 5.11. The minimum absolute atomic E-state index is 1.01. The molecule has 1 heteroatoms. The Bertz CT molecular complexity index is 233. The fourth-order valence-electron chi connectivity index (χ4n) is 0.872. The van der Waals surface area contributed by atoms with Gasteiger partial charge in [-0.15, -0.1) is 6.42 Å². The number of aryl methyl sites for hydroxylation is 1. The van der Waals surface area contributed by atoms with Gasteiger partial charge < -0.3 is 0 Å². The maximum atomic E-state index is 5.11. The normalized spacial score (nSPS) is 9.00. The van der Waals surface area contributed by atoms with Gasteiger partial charge in [0.1, 0.15) is 0 Å². The van der Waals surface area contributed by atoms with Gasteiger partial charge in [-0.1, -0.05) is 42.1 Å². The summed E-state index contributed by atoms with van der Waals surface area (Å²) < 4.78 is 0. The molecule has 0 heterocycles.